The van der Waals surface area contributed by atoms with Gasteiger partial charge in [-0.15, -0.1) is 0 Å². The second kappa shape index (κ2) is 6.37. The van der Waals surface area contributed by atoms with Crippen molar-refractivity contribution in [3.05, 3.63) is 62.0 Å². The van der Waals surface area contributed by atoms with Gasteiger partial charge in [-0.2, -0.15) is 0 Å². The summed E-state index contributed by atoms with van der Waals surface area (Å²) in [5.74, 6) is -0.222. The summed E-state index contributed by atoms with van der Waals surface area (Å²) in [7, 11) is 3.41. The molecule has 1 aromatic carbocycles. The Labute approximate surface area is 150 Å². The third-order valence-corrected chi connectivity index (χ3v) is 4.59. The Balaban J connectivity index is 1.98. The number of fused-ring (bicyclic) bond motifs is 1. The van der Waals surface area contributed by atoms with E-state index in [-0.39, 0.29) is 11.5 Å². The summed E-state index contributed by atoms with van der Waals surface area (Å²) in [5.41, 5.74) is 3.13. The number of aryl methyl sites for hydroxylation is 3. The number of benzene rings is 1. The van der Waals surface area contributed by atoms with Crippen LogP contribution in [0.15, 0.2) is 29.1 Å². The molecule has 1 N–H and O–H groups in total. The number of rotatable bonds is 3. The molecule has 0 fully saturated rings. The number of hydrogen-bond acceptors (Lipinski definition) is 3. The lowest BCUT2D eigenvalue weighted by atomic mass is 10.1. The van der Waals surface area contributed by atoms with E-state index in [1.54, 1.807) is 32.0 Å². The lowest BCUT2D eigenvalue weighted by Crippen LogP contribution is -2.27. The van der Waals surface area contributed by atoms with Crippen molar-refractivity contribution < 1.29 is 4.79 Å². The Kier molecular flexibility index (Phi) is 4.39. The highest BCUT2D eigenvalue weighted by Gasteiger charge is 2.20. The maximum Gasteiger partial charge on any atom is 0.274 e. The summed E-state index contributed by atoms with van der Waals surface area (Å²) >= 11 is 6.05. The van der Waals surface area contributed by atoms with E-state index in [9.17, 15) is 9.59 Å². The molecule has 0 bridgehead atoms. The topological polar surface area (TPSA) is 71.0 Å². The molecule has 6 nitrogen and oxygen atoms in total. The molecule has 2 aromatic heterocycles. The molecular formula is C18H19ClN4O2. The molecule has 130 valence electrons. The number of halogens is 1. The van der Waals surface area contributed by atoms with Gasteiger partial charge in [-0.05, 0) is 37.1 Å². The van der Waals surface area contributed by atoms with Crippen molar-refractivity contribution in [2.45, 2.75) is 20.4 Å². The summed E-state index contributed by atoms with van der Waals surface area (Å²) in [6.45, 7) is 4.15. The fourth-order valence-electron chi connectivity index (χ4n) is 2.91. The molecule has 0 radical (unpaired) electrons. The van der Waals surface area contributed by atoms with Gasteiger partial charge in [0, 0.05) is 31.4 Å². The number of amides is 1. The van der Waals surface area contributed by atoms with Crippen LogP contribution in [-0.2, 0) is 13.6 Å². The maximum absolute atomic E-state index is 12.9. The molecule has 0 aliphatic heterocycles. The first-order chi connectivity index (χ1) is 11.8. The Morgan fingerprint density at radius 2 is 2.04 bits per heavy atom. The van der Waals surface area contributed by atoms with Crippen molar-refractivity contribution in [1.82, 2.24) is 19.7 Å². The molecule has 0 aliphatic carbocycles. The molecule has 7 heteroatoms. The lowest BCUT2D eigenvalue weighted by Gasteiger charge is -2.18. The summed E-state index contributed by atoms with van der Waals surface area (Å²) in [5, 5.41) is 3.66. The largest absolute Gasteiger partial charge is 0.337 e. The van der Waals surface area contributed by atoms with E-state index in [4.69, 9.17) is 11.6 Å². The van der Waals surface area contributed by atoms with Gasteiger partial charge in [0.2, 0.25) is 0 Å². The van der Waals surface area contributed by atoms with E-state index in [1.165, 1.54) is 4.68 Å². The quantitative estimate of drug-likeness (QED) is 0.782. The molecular weight excluding hydrogens is 340 g/mol. The highest BCUT2D eigenvalue weighted by atomic mass is 35.5. The van der Waals surface area contributed by atoms with E-state index >= 15 is 0 Å². The van der Waals surface area contributed by atoms with Gasteiger partial charge in [-0.3, -0.25) is 19.4 Å². The van der Waals surface area contributed by atoms with E-state index in [2.05, 4.69) is 10.1 Å². The Hall–Kier alpha value is -2.60. The van der Waals surface area contributed by atoms with Gasteiger partial charge in [-0.25, -0.2) is 4.98 Å². The molecule has 3 aromatic rings. The van der Waals surface area contributed by atoms with Crippen molar-refractivity contribution in [2.75, 3.05) is 7.05 Å². The average molecular weight is 359 g/mol. The molecule has 0 saturated carbocycles. The molecule has 0 saturated heterocycles. The van der Waals surface area contributed by atoms with Gasteiger partial charge >= 0.3 is 0 Å². The summed E-state index contributed by atoms with van der Waals surface area (Å²) < 4.78 is 1.53. The highest BCUT2D eigenvalue weighted by molar-refractivity contribution is 6.31. The van der Waals surface area contributed by atoms with Crippen LogP contribution in [0, 0.1) is 13.8 Å². The van der Waals surface area contributed by atoms with Gasteiger partial charge in [-0.1, -0.05) is 23.7 Å². The van der Waals surface area contributed by atoms with E-state index in [1.807, 2.05) is 25.1 Å². The number of carbonyl (C=O) groups excluding carboxylic acids is 1. The first-order valence-electron chi connectivity index (χ1n) is 7.84. The first kappa shape index (κ1) is 17.2. The van der Waals surface area contributed by atoms with Crippen LogP contribution in [0.2, 0.25) is 5.02 Å². The average Bonchev–Trinajstić information content (AvgIpc) is 2.83. The molecule has 3 rings (SSSR count). The van der Waals surface area contributed by atoms with E-state index in [0.29, 0.717) is 33.9 Å². The van der Waals surface area contributed by atoms with Gasteiger partial charge in [0.15, 0.2) is 5.65 Å². The van der Waals surface area contributed by atoms with Crippen LogP contribution < -0.4 is 5.56 Å². The third-order valence-electron chi connectivity index (χ3n) is 4.16. The standard InChI is InChI=1S/C18H19ClN4O2/c1-10-7-12(5-6-14(10)19)9-22(3)18(25)13-8-11(2)20-16-15(13)17(24)21-23(16)4/h5-8H,9H2,1-4H3,(H,21,24). The minimum absolute atomic E-state index is 0.222. The number of aromatic amines is 1. The van der Waals surface area contributed by atoms with Crippen LogP contribution >= 0.6 is 11.6 Å². The van der Waals surface area contributed by atoms with Crippen LogP contribution in [-0.4, -0.2) is 32.6 Å². The Morgan fingerprint density at radius 3 is 2.72 bits per heavy atom. The third kappa shape index (κ3) is 3.17. The van der Waals surface area contributed by atoms with Gasteiger partial charge in [0.1, 0.15) is 0 Å². The van der Waals surface area contributed by atoms with Crippen LogP contribution in [0.4, 0.5) is 0 Å². The second-order valence-corrected chi connectivity index (χ2v) is 6.66. The monoisotopic (exact) mass is 358 g/mol. The fourth-order valence-corrected chi connectivity index (χ4v) is 3.03. The number of carbonyl (C=O) groups is 1. The molecule has 1 amide bonds. The minimum atomic E-state index is -0.316. The van der Waals surface area contributed by atoms with E-state index in [0.717, 1.165) is 11.1 Å². The van der Waals surface area contributed by atoms with Crippen LogP contribution in [0.1, 0.15) is 27.2 Å². The molecule has 0 unspecified atom stereocenters. The molecule has 0 aliphatic rings. The number of hydrogen-bond donors (Lipinski definition) is 1. The normalized spacial score (nSPS) is 11.1. The molecule has 2 heterocycles. The van der Waals surface area contributed by atoms with Crippen molar-refractivity contribution in [3.63, 3.8) is 0 Å². The summed E-state index contributed by atoms with van der Waals surface area (Å²) in [4.78, 5) is 31.1. The first-order valence-corrected chi connectivity index (χ1v) is 8.22. The number of nitrogens with zero attached hydrogens (tertiary/aromatic N) is 3. The van der Waals surface area contributed by atoms with Crippen molar-refractivity contribution >= 4 is 28.5 Å². The highest BCUT2D eigenvalue weighted by Crippen LogP contribution is 2.20. The predicted molar refractivity (Wildman–Crippen MR) is 98.1 cm³/mol. The van der Waals surface area contributed by atoms with Gasteiger partial charge in [0.25, 0.3) is 11.5 Å². The van der Waals surface area contributed by atoms with Gasteiger partial charge in [0.05, 0.1) is 10.9 Å². The smallest absolute Gasteiger partial charge is 0.274 e. The van der Waals surface area contributed by atoms with Gasteiger partial charge < -0.3 is 4.90 Å². The SMILES string of the molecule is Cc1cc(C(=O)N(C)Cc2ccc(Cl)c(C)c2)c2c(=O)[nH]n(C)c2n1. The van der Waals surface area contributed by atoms with Crippen LogP contribution in [0.3, 0.4) is 0 Å². The number of nitrogens with one attached hydrogen (secondary N) is 1. The molecule has 0 spiro atoms. The van der Waals surface area contributed by atoms with Crippen LogP contribution in [0.5, 0.6) is 0 Å². The second-order valence-electron chi connectivity index (χ2n) is 6.25. The van der Waals surface area contributed by atoms with Crippen molar-refractivity contribution in [3.8, 4) is 0 Å². The number of H-pyrrole nitrogens is 1. The Bertz CT molecular complexity index is 1040. The van der Waals surface area contributed by atoms with Crippen molar-refractivity contribution in [1.29, 1.82) is 0 Å². The predicted octanol–water partition coefficient (Wildman–Crippen LogP) is 2.80. The summed E-state index contributed by atoms with van der Waals surface area (Å²) in [6, 6.07) is 7.32. The van der Waals surface area contributed by atoms with Crippen molar-refractivity contribution in [2.24, 2.45) is 7.05 Å². The Morgan fingerprint density at radius 1 is 1.32 bits per heavy atom. The lowest BCUT2D eigenvalue weighted by molar-refractivity contribution is 0.0787. The minimum Gasteiger partial charge on any atom is -0.337 e. The van der Waals surface area contributed by atoms with Crippen LogP contribution in [0.25, 0.3) is 11.0 Å². The van der Waals surface area contributed by atoms with E-state index < -0.39 is 0 Å². The number of pyridine rings is 1. The molecule has 25 heavy (non-hydrogen) atoms. The zero-order chi connectivity index (χ0) is 18.3. The maximum atomic E-state index is 12.9. The molecule has 0 atom stereocenters. The zero-order valence-corrected chi connectivity index (χ0v) is 15.3. The fraction of sp³-hybridized carbons (Fsp3) is 0.278. The zero-order valence-electron chi connectivity index (χ0n) is 14.6. The summed E-state index contributed by atoms with van der Waals surface area (Å²) in [6.07, 6.45) is 0. The number of aromatic nitrogens is 3.